The number of aromatic nitrogens is 2. The molecular formula is C21H24N4O5S. The average Bonchev–Trinajstić information content (AvgIpc) is 2.79. The van der Waals surface area contributed by atoms with Crippen molar-refractivity contribution in [2.24, 2.45) is 0 Å². The van der Waals surface area contributed by atoms with E-state index in [0.29, 0.717) is 23.1 Å². The van der Waals surface area contributed by atoms with Crippen molar-refractivity contribution in [2.45, 2.75) is 37.6 Å². The highest BCUT2D eigenvalue weighted by atomic mass is 32.2. The zero-order chi connectivity index (χ0) is 22.4. The summed E-state index contributed by atoms with van der Waals surface area (Å²) in [6.07, 6.45) is 2.64. The molecule has 0 fully saturated rings. The van der Waals surface area contributed by atoms with Gasteiger partial charge in [-0.3, -0.25) is 15.0 Å². The van der Waals surface area contributed by atoms with Crippen LogP contribution in [0.15, 0.2) is 58.2 Å². The van der Waals surface area contributed by atoms with Crippen LogP contribution in [0.25, 0.3) is 10.8 Å². The molecule has 3 rings (SSSR count). The Labute approximate surface area is 180 Å². The molecule has 0 aliphatic rings. The predicted molar refractivity (Wildman–Crippen MR) is 116 cm³/mol. The van der Waals surface area contributed by atoms with E-state index in [4.69, 9.17) is 4.74 Å². The van der Waals surface area contributed by atoms with Crippen LogP contribution in [0.4, 0.5) is 0 Å². The highest BCUT2D eigenvalue weighted by molar-refractivity contribution is 7.89. The number of carbonyl (C=O) groups excluding carboxylic acids is 1. The monoisotopic (exact) mass is 444 g/mol. The maximum atomic E-state index is 12.8. The first kappa shape index (κ1) is 22.4. The van der Waals surface area contributed by atoms with Gasteiger partial charge in [0, 0.05) is 11.9 Å². The van der Waals surface area contributed by atoms with Crippen LogP contribution in [0, 0.1) is 0 Å². The van der Waals surface area contributed by atoms with Crippen molar-refractivity contribution < 1.29 is 17.9 Å². The average molecular weight is 445 g/mol. The van der Waals surface area contributed by atoms with Crippen molar-refractivity contribution in [3.05, 3.63) is 64.6 Å². The SMILES string of the molecule is CCCCCn1nc(C(=O)NNS(=O)(=O)c2ccc(OC)cc2)c2ccccc2c1=O. The second-order valence-corrected chi connectivity index (χ2v) is 8.55. The van der Waals surface area contributed by atoms with Crippen LogP contribution in [0.3, 0.4) is 0 Å². The second kappa shape index (κ2) is 9.71. The Balaban J connectivity index is 1.87. The van der Waals surface area contributed by atoms with E-state index >= 15 is 0 Å². The Kier molecular flexibility index (Phi) is 7.03. The molecular weight excluding hydrogens is 420 g/mol. The van der Waals surface area contributed by atoms with Crippen LogP contribution in [0.2, 0.25) is 0 Å². The molecule has 164 valence electrons. The molecule has 0 unspecified atom stereocenters. The van der Waals surface area contributed by atoms with Crippen LogP contribution in [-0.4, -0.2) is 31.2 Å². The number of methoxy groups -OCH3 is 1. The fourth-order valence-electron chi connectivity index (χ4n) is 3.05. The van der Waals surface area contributed by atoms with Gasteiger partial charge >= 0.3 is 0 Å². The number of carbonyl (C=O) groups is 1. The molecule has 0 bridgehead atoms. The number of hydrogen-bond donors (Lipinski definition) is 2. The first-order chi connectivity index (χ1) is 14.9. The van der Waals surface area contributed by atoms with Crippen molar-refractivity contribution in [2.75, 3.05) is 7.11 Å². The maximum Gasteiger partial charge on any atom is 0.287 e. The first-order valence-corrected chi connectivity index (χ1v) is 11.3. The molecule has 0 atom stereocenters. The molecule has 0 aliphatic heterocycles. The van der Waals surface area contributed by atoms with E-state index in [9.17, 15) is 18.0 Å². The van der Waals surface area contributed by atoms with E-state index in [2.05, 4.69) is 15.4 Å². The van der Waals surface area contributed by atoms with Crippen LogP contribution in [0.5, 0.6) is 5.75 Å². The quantitative estimate of drug-likeness (QED) is 0.386. The Morgan fingerprint density at radius 3 is 2.39 bits per heavy atom. The van der Waals surface area contributed by atoms with Crippen molar-refractivity contribution in [3.63, 3.8) is 0 Å². The fourth-order valence-corrected chi connectivity index (χ4v) is 3.89. The van der Waals surface area contributed by atoms with Crippen molar-refractivity contribution in [3.8, 4) is 5.75 Å². The second-order valence-electron chi connectivity index (χ2n) is 6.86. The summed E-state index contributed by atoms with van der Waals surface area (Å²) in [5.74, 6) is -0.262. The number of hydrogen-bond acceptors (Lipinski definition) is 6. The van der Waals surface area contributed by atoms with E-state index < -0.39 is 15.9 Å². The molecule has 1 aromatic heterocycles. The molecule has 1 heterocycles. The lowest BCUT2D eigenvalue weighted by atomic mass is 10.1. The van der Waals surface area contributed by atoms with Gasteiger partial charge in [-0.1, -0.05) is 38.0 Å². The third kappa shape index (κ3) is 5.09. The van der Waals surface area contributed by atoms with Gasteiger partial charge in [0.2, 0.25) is 0 Å². The number of hydrazine groups is 1. The molecule has 0 aliphatic carbocycles. The van der Waals surface area contributed by atoms with Gasteiger partial charge in [0.15, 0.2) is 5.69 Å². The number of fused-ring (bicyclic) bond motifs is 1. The van der Waals surface area contributed by atoms with Gasteiger partial charge in [-0.05, 0) is 36.8 Å². The molecule has 10 heteroatoms. The largest absolute Gasteiger partial charge is 0.497 e. The third-order valence-electron chi connectivity index (χ3n) is 4.72. The molecule has 2 N–H and O–H groups in total. The summed E-state index contributed by atoms with van der Waals surface area (Å²) < 4.78 is 31.2. The number of nitrogens with zero attached hydrogens (tertiary/aromatic N) is 2. The first-order valence-electron chi connectivity index (χ1n) is 9.83. The number of rotatable bonds is 9. The van der Waals surface area contributed by atoms with Crippen LogP contribution >= 0.6 is 0 Å². The van der Waals surface area contributed by atoms with E-state index in [-0.39, 0.29) is 16.1 Å². The molecule has 3 aromatic rings. The Bertz CT molecular complexity index is 1240. The lowest BCUT2D eigenvalue weighted by Gasteiger charge is -2.12. The summed E-state index contributed by atoms with van der Waals surface area (Å²) in [4.78, 5) is 27.5. The molecule has 0 saturated heterocycles. The van der Waals surface area contributed by atoms with E-state index in [1.165, 1.54) is 36.1 Å². The lowest BCUT2D eigenvalue weighted by molar-refractivity contribution is 0.0939. The summed E-state index contributed by atoms with van der Waals surface area (Å²) in [5, 5.41) is 4.90. The fraction of sp³-hybridized carbons (Fsp3) is 0.286. The van der Waals surface area contributed by atoms with Gasteiger partial charge in [-0.25, -0.2) is 13.1 Å². The number of sulfonamides is 1. The predicted octanol–water partition coefficient (Wildman–Crippen LogP) is 2.22. The van der Waals surface area contributed by atoms with Crippen LogP contribution < -0.4 is 20.6 Å². The lowest BCUT2D eigenvalue weighted by Crippen LogP contribution is -2.42. The Hall–Kier alpha value is -3.24. The minimum atomic E-state index is -4.01. The third-order valence-corrected chi connectivity index (χ3v) is 5.99. The topological polar surface area (TPSA) is 119 Å². The highest BCUT2D eigenvalue weighted by Gasteiger charge is 2.20. The normalized spacial score (nSPS) is 11.4. The van der Waals surface area contributed by atoms with E-state index in [1.807, 2.05) is 6.92 Å². The minimum absolute atomic E-state index is 0.0378. The maximum absolute atomic E-state index is 12.8. The molecule has 0 spiro atoms. The van der Waals surface area contributed by atoms with Gasteiger partial charge in [0.1, 0.15) is 5.75 Å². The van der Waals surface area contributed by atoms with E-state index in [0.717, 1.165) is 19.3 Å². The summed E-state index contributed by atoms with van der Waals surface area (Å²) in [7, 11) is -2.54. The van der Waals surface area contributed by atoms with E-state index in [1.54, 1.807) is 24.3 Å². The molecule has 0 radical (unpaired) electrons. The zero-order valence-corrected chi connectivity index (χ0v) is 18.1. The number of amides is 1. The summed E-state index contributed by atoms with van der Waals surface area (Å²) in [6, 6.07) is 12.3. The minimum Gasteiger partial charge on any atom is -0.497 e. The molecule has 1 amide bonds. The van der Waals surface area contributed by atoms with Gasteiger partial charge in [-0.2, -0.15) is 5.10 Å². The zero-order valence-electron chi connectivity index (χ0n) is 17.3. The summed E-state index contributed by atoms with van der Waals surface area (Å²) in [5.41, 5.74) is 1.86. The van der Waals surface area contributed by atoms with Crippen molar-refractivity contribution >= 4 is 26.7 Å². The smallest absolute Gasteiger partial charge is 0.287 e. The Morgan fingerprint density at radius 1 is 1.06 bits per heavy atom. The van der Waals surface area contributed by atoms with Crippen molar-refractivity contribution in [1.29, 1.82) is 0 Å². The van der Waals surface area contributed by atoms with Crippen molar-refractivity contribution in [1.82, 2.24) is 20.0 Å². The van der Waals surface area contributed by atoms with Gasteiger partial charge in [0.05, 0.1) is 17.4 Å². The summed E-state index contributed by atoms with van der Waals surface area (Å²) in [6.45, 7) is 2.42. The molecule has 2 aromatic carbocycles. The number of nitrogens with one attached hydrogen (secondary N) is 2. The van der Waals surface area contributed by atoms with Gasteiger partial charge in [0.25, 0.3) is 21.5 Å². The number of aryl methyl sites for hydroxylation is 1. The number of benzene rings is 2. The number of unbranched alkanes of at least 4 members (excludes halogenated alkanes) is 2. The van der Waals surface area contributed by atoms with Crippen LogP contribution in [-0.2, 0) is 16.6 Å². The Morgan fingerprint density at radius 2 is 1.74 bits per heavy atom. The standard InChI is InChI=1S/C21H24N4O5S/c1-3-4-7-14-25-21(27)18-9-6-5-8-17(18)19(23-25)20(26)22-24-31(28,29)16-12-10-15(30-2)11-13-16/h5-6,8-13,24H,3-4,7,14H2,1-2H3,(H,22,26). The molecule has 0 saturated carbocycles. The summed E-state index contributed by atoms with van der Waals surface area (Å²) >= 11 is 0. The highest BCUT2D eigenvalue weighted by Crippen LogP contribution is 2.16. The molecule has 31 heavy (non-hydrogen) atoms. The van der Waals surface area contributed by atoms with Crippen LogP contribution in [0.1, 0.15) is 36.7 Å². The number of ether oxygens (including phenoxy) is 1. The van der Waals surface area contributed by atoms with Gasteiger partial charge in [-0.15, -0.1) is 4.83 Å². The molecule has 9 nitrogen and oxygen atoms in total. The van der Waals surface area contributed by atoms with Gasteiger partial charge < -0.3 is 4.74 Å².